The van der Waals surface area contributed by atoms with Gasteiger partial charge in [0.15, 0.2) is 11.5 Å². The summed E-state index contributed by atoms with van der Waals surface area (Å²) in [5.74, 6) is 1.25. The van der Waals surface area contributed by atoms with Gasteiger partial charge < -0.3 is 14.8 Å². The number of hydrogen-bond acceptors (Lipinski definition) is 5. The minimum Gasteiger partial charge on any atom is -0.493 e. The molecule has 0 amide bonds. The Morgan fingerprint density at radius 2 is 1.75 bits per heavy atom. The highest BCUT2D eigenvalue weighted by atomic mass is 79.9. The van der Waals surface area contributed by atoms with Gasteiger partial charge in [0.2, 0.25) is 0 Å². The quantitative estimate of drug-likeness (QED) is 0.257. The van der Waals surface area contributed by atoms with Crippen LogP contribution < -0.4 is 14.8 Å². The van der Waals surface area contributed by atoms with Crippen LogP contribution in [0.15, 0.2) is 71.2 Å². The predicted octanol–water partition coefficient (Wildman–Crippen LogP) is 6.06. The molecule has 0 saturated heterocycles. The van der Waals surface area contributed by atoms with E-state index in [0.29, 0.717) is 24.1 Å². The fraction of sp³-hybridized carbons (Fsp3) is 0.280. The molecule has 0 fully saturated rings. The van der Waals surface area contributed by atoms with Gasteiger partial charge in [-0.25, -0.2) is 0 Å². The molecule has 1 N–H and O–H groups in total. The number of ether oxygens (including phenoxy) is 2. The Labute approximate surface area is 196 Å². The number of methoxy groups -OCH3 is 1. The highest BCUT2D eigenvalue weighted by Crippen LogP contribution is 2.34. The van der Waals surface area contributed by atoms with Gasteiger partial charge in [0.1, 0.15) is 6.61 Å². The first kappa shape index (κ1) is 23.8. The van der Waals surface area contributed by atoms with Crippen LogP contribution >= 0.6 is 15.9 Å². The third-order valence-electron chi connectivity index (χ3n) is 5.22. The molecule has 168 valence electrons. The van der Waals surface area contributed by atoms with Gasteiger partial charge in [-0.15, -0.1) is 0 Å². The maximum Gasteiger partial charge on any atom is 0.269 e. The van der Waals surface area contributed by atoms with Gasteiger partial charge in [-0.05, 0) is 60.7 Å². The Morgan fingerprint density at radius 1 is 1.03 bits per heavy atom. The Morgan fingerprint density at radius 3 is 2.41 bits per heavy atom. The monoisotopic (exact) mass is 498 g/mol. The van der Waals surface area contributed by atoms with Crippen LogP contribution in [-0.2, 0) is 19.6 Å². The number of nitrogens with zero attached hydrogens (tertiary/aromatic N) is 1. The largest absolute Gasteiger partial charge is 0.493 e. The molecule has 0 aliphatic heterocycles. The first-order valence-electron chi connectivity index (χ1n) is 10.5. The minimum absolute atomic E-state index is 0.0592. The second kappa shape index (κ2) is 11.6. The predicted molar refractivity (Wildman–Crippen MR) is 129 cm³/mol. The van der Waals surface area contributed by atoms with Crippen LogP contribution in [0.2, 0.25) is 0 Å². The second-order valence-corrected chi connectivity index (χ2v) is 8.47. The number of rotatable bonds is 11. The zero-order valence-corrected chi connectivity index (χ0v) is 19.8. The lowest BCUT2D eigenvalue weighted by Crippen LogP contribution is -2.26. The van der Waals surface area contributed by atoms with Crippen LogP contribution in [0.3, 0.4) is 0 Å². The van der Waals surface area contributed by atoms with Crippen molar-refractivity contribution in [2.45, 2.75) is 39.0 Å². The van der Waals surface area contributed by atoms with E-state index < -0.39 is 4.92 Å². The van der Waals surface area contributed by atoms with E-state index in [2.05, 4.69) is 52.4 Å². The molecule has 1 atom stereocenters. The second-order valence-electron chi connectivity index (χ2n) is 7.61. The van der Waals surface area contributed by atoms with Crippen molar-refractivity contribution in [2.24, 2.45) is 0 Å². The molecule has 7 heteroatoms. The van der Waals surface area contributed by atoms with E-state index in [0.717, 1.165) is 28.4 Å². The van der Waals surface area contributed by atoms with Gasteiger partial charge in [-0.1, -0.05) is 46.3 Å². The number of nitrogens with one attached hydrogen (secondary N) is 1. The molecule has 0 aromatic heterocycles. The molecular weight excluding hydrogens is 472 g/mol. The summed E-state index contributed by atoms with van der Waals surface area (Å²) in [5.41, 5.74) is 3.32. The van der Waals surface area contributed by atoms with E-state index in [1.165, 1.54) is 17.7 Å². The van der Waals surface area contributed by atoms with Crippen molar-refractivity contribution in [3.8, 4) is 11.5 Å². The fourth-order valence-electron chi connectivity index (χ4n) is 3.27. The first-order valence-corrected chi connectivity index (χ1v) is 11.3. The molecule has 32 heavy (non-hydrogen) atoms. The van der Waals surface area contributed by atoms with Gasteiger partial charge in [-0.2, -0.15) is 0 Å². The number of nitro groups is 1. The molecule has 6 nitrogen and oxygen atoms in total. The lowest BCUT2D eigenvalue weighted by atomic mass is 10.1. The summed E-state index contributed by atoms with van der Waals surface area (Å²) in [4.78, 5) is 10.4. The fourth-order valence-corrected chi connectivity index (χ4v) is 3.74. The summed E-state index contributed by atoms with van der Waals surface area (Å²) in [5, 5.41) is 14.4. The lowest BCUT2D eigenvalue weighted by molar-refractivity contribution is -0.384. The van der Waals surface area contributed by atoms with E-state index in [1.54, 1.807) is 19.2 Å². The van der Waals surface area contributed by atoms with Crippen molar-refractivity contribution in [3.05, 3.63) is 98.0 Å². The summed E-state index contributed by atoms with van der Waals surface area (Å²) in [7, 11) is 1.61. The average Bonchev–Trinajstić information content (AvgIpc) is 2.81. The summed E-state index contributed by atoms with van der Waals surface area (Å²) in [6.07, 6.45) is 2.09. The molecule has 3 rings (SSSR count). The zero-order valence-electron chi connectivity index (χ0n) is 18.2. The number of non-ortho nitro benzene ring substituents is 1. The minimum atomic E-state index is -0.417. The van der Waals surface area contributed by atoms with Crippen LogP contribution in [-0.4, -0.2) is 18.1 Å². The highest BCUT2D eigenvalue weighted by molar-refractivity contribution is 9.10. The van der Waals surface area contributed by atoms with Gasteiger partial charge >= 0.3 is 0 Å². The maximum absolute atomic E-state index is 10.8. The van der Waals surface area contributed by atoms with Crippen molar-refractivity contribution in [1.29, 1.82) is 0 Å². The Bertz CT molecular complexity index is 1030. The normalized spacial score (nSPS) is 11.7. The molecule has 3 aromatic rings. The summed E-state index contributed by atoms with van der Waals surface area (Å²) in [6, 6.07) is 21.0. The Kier molecular flexibility index (Phi) is 8.64. The van der Waals surface area contributed by atoms with E-state index in [4.69, 9.17) is 9.47 Å². The number of aryl methyl sites for hydroxylation is 1. The molecule has 0 heterocycles. The summed E-state index contributed by atoms with van der Waals surface area (Å²) < 4.78 is 12.4. The standard InChI is InChI=1S/C25H27BrN2O4/c1-18(8-9-19-6-4-3-5-7-19)27-16-21-14-24(31-2)25(15-23(21)26)32-17-20-10-12-22(13-11-20)28(29)30/h3-7,10-15,18,27H,8-9,16-17H2,1-2H3. The SMILES string of the molecule is COc1cc(CNC(C)CCc2ccccc2)c(Br)cc1OCc1ccc([N+](=O)[O-])cc1. The molecule has 0 radical (unpaired) electrons. The number of benzene rings is 3. The molecule has 0 aliphatic carbocycles. The maximum atomic E-state index is 10.8. The van der Waals surface area contributed by atoms with Crippen molar-refractivity contribution in [2.75, 3.05) is 7.11 Å². The molecule has 3 aromatic carbocycles. The number of halogens is 1. The van der Waals surface area contributed by atoms with E-state index >= 15 is 0 Å². The Balaban J connectivity index is 1.57. The van der Waals surface area contributed by atoms with E-state index in [9.17, 15) is 10.1 Å². The van der Waals surface area contributed by atoms with Crippen molar-refractivity contribution < 1.29 is 14.4 Å². The van der Waals surface area contributed by atoms with E-state index in [1.807, 2.05) is 18.2 Å². The van der Waals surface area contributed by atoms with Crippen LogP contribution in [0.4, 0.5) is 5.69 Å². The van der Waals surface area contributed by atoms with E-state index in [-0.39, 0.29) is 12.3 Å². The molecule has 1 unspecified atom stereocenters. The average molecular weight is 499 g/mol. The van der Waals surface area contributed by atoms with Crippen molar-refractivity contribution in [3.63, 3.8) is 0 Å². The smallest absolute Gasteiger partial charge is 0.269 e. The van der Waals surface area contributed by atoms with Crippen molar-refractivity contribution in [1.82, 2.24) is 5.32 Å². The highest BCUT2D eigenvalue weighted by Gasteiger charge is 2.12. The third-order valence-corrected chi connectivity index (χ3v) is 5.96. The number of hydrogen-bond donors (Lipinski definition) is 1. The van der Waals surface area contributed by atoms with Gasteiger partial charge in [-0.3, -0.25) is 10.1 Å². The van der Waals surface area contributed by atoms with Gasteiger partial charge in [0.05, 0.1) is 12.0 Å². The van der Waals surface area contributed by atoms with Crippen LogP contribution in [0.5, 0.6) is 11.5 Å². The van der Waals surface area contributed by atoms with Gasteiger partial charge in [0.25, 0.3) is 5.69 Å². The zero-order chi connectivity index (χ0) is 22.9. The third kappa shape index (κ3) is 6.80. The summed E-state index contributed by atoms with van der Waals surface area (Å²) in [6.45, 7) is 3.18. The summed E-state index contributed by atoms with van der Waals surface area (Å²) >= 11 is 3.64. The van der Waals surface area contributed by atoms with Crippen molar-refractivity contribution >= 4 is 21.6 Å². The topological polar surface area (TPSA) is 73.6 Å². The first-order chi connectivity index (χ1) is 15.5. The molecule has 0 saturated carbocycles. The molecule has 0 aliphatic rings. The lowest BCUT2D eigenvalue weighted by Gasteiger charge is -2.17. The van der Waals surface area contributed by atoms with Crippen LogP contribution in [0, 0.1) is 10.1 Å². The molecular formula is C25H27BrN2O4. The molecule has 0 spiro atoms. The number of nitro benzene ring substituents is 1. The van der Waals surface area contributed by atoms with Gasteiger partial charge in [0, 0.05) is 29.2 Å². The molecule has 0 bridgehead atoms. The Hall–Kier alpha value is -2.90. The van der Waals surface area contributed by atoms with Crippen LogP contribution in [0.25, 0.3) is 0 Å². The van der Waals surface area contributed by atoms with Crippen LogP contribution in [0.1, 0.15) is 30.0 Å².